The van der Waals surface area contributed by atoms with Crippen molar-refractivity contribution in [2.45, 2.75) is 33.2 Å². The van der Waals surface area contributed by atoms with Crippen LogP contribution in [0.2, 0.25) is 0 Å². The fraction of sp³-hybridized carbons (Fsp3) is 0.750. The van der Waals surface area contributed by atoms with Crippen LogP contribution < -0.4 is 0 Å². The zero-order valence-electron chi connectivity index (χ0n) is 13.7. The van der Waals surface area contributed by atoms with E-state index in [2.05, 4.69) is 17.0 Å². The van der Waals surface area contributed by atoms with E-state index in [1.165, 1.54) is 0 Å². The van der Waals surface area contributed by atoms with Gasteiger partial charge < -0.3 is 14.2 Å². The highest BCUT2D eigenvalue weighted by Crippen LogP contribution is 2.28. The van der Waals surface area contributed by atoms with E-state index < -0.39 is 0 Å². The summed E-state index contributed by atoms with van der Waals surface area (Å²) in [5.74, 6) is 1.21. The second kappa shape index (κ2) is 6.38. The van der Waals surface area contributed by atoms with Gasteiger partial charge in [-0.3, -0.25) is 9.69 Å². The Morgan fingerprint density at radius 3 is 2.59 bits per heavy atom. The van der Waals surface area contributed by atoms with E-state index in [1.807, 2.05) is 11.8 Å². The van der Waals surface area contributed by atoms with E-state index in [0.717, 1.165) is 45.8 Å². The lowest BCUT2D eigenvalue weighted by molar-refractivity contribution is 0.0103. The van der Waals surface area contributed by atoms with Gasteiger partial charge in [-0.25, -0.2) is 0 Å². The van der Waals surface area contributed by atoms with Crippen LogP contribution in [-0.4, -0.2) is 66.3 Å². The highest BCUT2D eigenvalue weighted by Gasteiger charge is 2.39. The van der Waals surface area contributed by atoms with Crippen LogP contribution in [-0.2, 0) is 4.74 Å². The molecule has 1 amide bonds. The van der Waals surface area contributed by atoms with Crippen molar-refractivity contribution in [3.05, 3.63) is 17.0 Å². The molecule has 0 aromatic carbocycles. The molecule has 0 N–H and O–H groups in total. The molecular formula is C16H25N3O3. The number of morpholine rings is 1. The first-order chi connectivity index (χ1) is 10.6. The Bertz CT molecular complexity index is 517. The SMILES string of the molecule is CC[C@@H]1CN(C(=O)c2c(C)noc2C)C[C@@H]1N1CCOCC1. The van der Waals surface area contributed by atoms with Crippen LogP contribution in [0, 0.1) is 19.8 Å². The maximum Gasteiger partial charge on any atom is 0.259 e. The average molecular weight is 307 g/mol. The minimum absolute atomic E-state index is 0.0606. The summed E-state index contributed by atoms with van der Waals surface area (Å²) in [6.45, 7) is 11.0. The lowest BCUT2D eigenvalue weighted by Crippen LogP contribution is -2.47. The zero-order valence-corrected chi connectivity index (χ0v) is 13.7. The van der Waals surface area contributed by atoms with E-state index in [-0.39, 0.29) is 5.91 Å². The molecule has 2 aliphatic rings. The van der Waals surface area contributed by atoms with Gasteiger partial charge in [-0.05, 0) is 19.8 Å². The van der Waals surface area contributed by atoms with Crippen LogP contribution in [0.4, 0.5) is 0 Å². The molecule has 1 aromatic rings. The molecule has 3 rings (SSSR count). The van der Waals surface area contributed by atoms with Crippen molar-refractivity contribution in [3.8, 4) is 0 Å². The highest BCUT2D eigenvalue weighted by molar-refractivity contribution is 5.96. The molecule has 0 aliphatic carbocycles. The molecule has 2 atom stereocenters. The Hall–Kier alpha value is -1.40. The Balaban J connectivity index is 1.74. The second-order valence-corrected chi connectivity index (χ2v) is 6.29. The van der Waals surface area contributed by atoms with Crippen molar-refractivity contribution in [3.63, 3.8) is 0 Å². The van der Waals surface area contributed by atoms with Crippen molar-refractivity contribution >= 4 is 5.91 Å². The normalized spacial score (nSPS) is 26.6. The van der Waals surface area contributed by atoms with E-state index in [9.17, 15) is 4.79 Å². The Morgan fingerprint density at radius 2 is 2.00 bits per heavy atom. The minimum atomic E-state index is 0.0606. The smallest absolute Gasteiger partial charge is 0.259 e. The second-order valence-electron chi connectivity index (χ2n) is 6.29. The van der Waals surface area contributed by atoms with Crippen LogP contribution >= 0.6 is 0 Å². The predicted octanol–water partition coefficient (Wildman–Crippen LogP) is 1.47. The predicted molar refractivity (Wildman–Crippen MR) is 81.8 cm³/mol. The summed E-state index contributed by atoms with van der Waals surface area (Å²) in [4.78, 5) is 17.3. The van der Waals surface area contributed by atoms with Crippen LogP contribution in [0.5, 0.6) is 0 Å². The van der Waals surface area contributed by atoms with Gasteiger partial charge >= 0.3 is 0 Å². The van der Waals surface area contributed by atoms with Gasteiger partial charge in [0, 0.05) is 32.2 Å². The third-order valence-electron chi connectivity index (χ3n) is 4.98. The first-order valence-electron chi connectivity index (χ1n) is 8.15. The third-order valence-corrected chi connectivity index (χ3v) is 4.98. The number of rotatable bonds is 3. The topological polar surface area (TPSA) is 58.8 Å². The molecule has 0 unspecified atom stereocenters. The molecule has 1 aromatic heterocycles. The van der Waals surface area contributed by atoms with Gasteiger partial charge in [-0.15, -0.1) is 0 Å². The summed E-state index contributed by atoms with van der Waals surface area (Å²) in [7, 11) is 0. The number of aromatic nitrogens is 1. The summed E-state index contributed by atoms with van der Waals surface area (Å²) in [5.41, 5.74) is 1.32. The third kappa shape index (κ3) is 2.77. The van der Waals surface area contributed by atoms with Crippen molar-refractivity contribution in [2.75, 3.05) is 39.4 Å². The lowest BCUT2D eigenvalue weighted by Gasteiger charge is -2.34. The Morgan fingerprint density at radius 1 is 1.27 bits per heavy atom. The molecule has 3 heterocycles. The van der Waals surface area contributed by atoms with Crippen molar-refractivity contribution < 1.29 is 14.1 Å². The molecule has 22 heavy (non-hydrogen) atoms. The number of carbonyl (C=O) groups excluding carboxylic acids is 1. The van der Waals surface area contributed by atoms with Crippen LogP contribution in [0.3, 0.4) is 0 Å². The summed E-state index contributed by atoms with van der Waals surface area (Å²) in [6.07, 6.45) is 1.09. The van der Waals surface area contributed by atoms with Gasteiger partial charge in [0.25, 0.3) is 5.91 Å². The summed E-state index contributed by atoms with van der Waals surface area (Å²) in [5, 5.41) is 3.91. The maximum absolute atomic E-state index is 12.8. The Kier molecular flexibility index (Phi) is 4.49. The van der Waals surface area contributed by atoms with Gasteiger partial charge in [0.15, 0.2) is 0 Å². The average Bonchev–Trinajstić information content (AvgIpc) is 3.11. The molecule has 6 nitrogen and oxygen atoms in total. The molecule has 6 heteroatoms. The standard InChI is InChI=1S/C16H25N3O3/c1-4-13-9-19(10-14(13)18-5-7-21-8-6-18)16(20)15-11(2)17-22-12(15)3/h13-14H,4-10H2,1-3H3/t13-,14+/m1/s1. The highest BCUT2D eigenvalue weighted by atomic mass is 16.5. The maximum atomic E-state index is 12.8. The molecule has 2 saturated heterocycles. The van der Waals surface area contributed by atoms with Crippen molar-refractivity contribution in [1.29, 1.82) is 0 Å². The van der Waals surface area contributed by atoms with Gasteiger partial charge in [-0.1, -0.05) is 18.5 Å². The monoisotopic (exact) mass is 307 g/mol. The van der Waals surface area contributed by atoms with Crippen molar-refractivity contribution in [1.82, 2.24) is 15.0 Å². The van der Waals surface area contributed by atoms with Crippen LogP contribution in [0.1, 0.15) is 35.2 Å². The number of carbonyl (C=O) groups is 1. The quantitative estimate of drug-likeness (QED) is 0.846. The number of likely N-dealkylation sites (tertiary alicyclic amines) is 1. The van der Waals surface area contributed by atoms with Gasteiger partial charge in [-0.2, -0.15) is 0 Å². The first-order valence-corrected chi connectivity index (χ1v) is 8.15. The fourth-order valence-corrected chi connectivity index (χ4v) is 3.69. The zero-order chi connectivity index (χ0) is 15.7. The summed E-state index contributed by atoms with van der Waals surface area (Å²) >= 11 is 0. The van der Waals surface area contributed by atoms with Gasteiger partial charge in [0.05, 0.1) is 18.9 Å². The number of hydrogen-bond donors (Lipinski definition) is 0. The molecule has 0 spiro atoms. The molecule has 122 valence electrons. The van der Waals surface area contributed by atoms with E-state index in [0.29, 0.717) is 29.0 Å². The molecule has 0 radical (unpaired) electrons. The molecular weight excluding hydrogens is 282 g/mol. The molecule has 2 fully saturated rings. The summed E-state index contributed by atoms with van der Waals surface area (Å²) < 4.78 is 10.6. The molecule has 0 bridgehead atoms. The van der Waals surface area contributed by atoms with Crippen LogP contribution in [0.15, 0.2) is 4.52 Å². The summed E-state index contributed by atoms with van der Waals surface area (Å²) in [6, 6.07) is 0.443. The first kappa shape index (κ1) is 15.5. The molecule has 0 saturated carbocycles. The van der Waals surface area contributed by atoms with Gasteiger partial charge in [0.1, 0.15) is 11.3 Å². The van der Waals surface area contributed by atoms with E-state index in [1.54, 1.807) is 6.92 Å². The number of aryl methyl sites for hydroxylation is 2. The molecule has 2 aliphatic heterocycles. The van der Waals surface area contributed by atoms with Crippen LogP contribution in [0.25, 0.3) is 0 Å². The fourth-order valence-electron chi connectivity index (χ4n) is 3.69. The van der Waals surface area contributed by atoms with Crippen molar-refractivity contribution in [2.24, 2.45) is 5.92 Å². The number of nitrogens with zero attached hydrogens (tertiary/aromatic N) is 3. The Labute approximate surface area is 131 Å². The number of ether oxygens (including phenoxy) is 1. The van der Waals surface area contributed by atoms with E-state index >= 15 is 0 Å². The number of hydrogen-bond acceptors (Lipinski definition) is 5. The largest absolute Gasteiger partial charge is 0.379 e. The van der Waals surface area contributed by atoms with Gasteiger partial charge in [0.2, 0.25) is 0 Å². The lowest BCUT2D eigenvalue weighted by atomic mass is 9.99. The van der Waals surface area contributed by atoms with E-state index in [4.69, 9.17) is 9.26 Å². The minimum Gasteiger partial charge on any atom is -0.379 e. The number of amides is 1.